The van der Waals surface area contributed by atoms with Crippen molar-refractivity contribution >= 4 is 17.9 Å². The number of carboxylic acids is 1. The second kappa shape index (κ2) is 40.4. The Hall–Kier alpha value is -4.47. The fraction of sp³-hybridized carbons (Fsp3) is 0.672. The molecule has 0 atom stereocenters. The molecule has 0 heterocycles. The van der Waals surface area contributed by atoms with Gasteiger partial charge in [-0.25, -0.2) is 14.4 Å². The molecular weight excluding hydrogens is 857 g/mol. The zero-order valence-corrected chi connectivity index (χ0v) is 43.0. The lowest BCUT2D eigenvalue weighted by Crippen LogP contribution is -2.11. The molecule has 1 N–H and O–H groups in total. The van der Waals surface area contributed by atoms with Crippen molar-refractivity contribution in [2.24, 2.45) is 0 Å². The first-order valence-corrected chi connectivity index (χ1v) is 26.9. The summed E-state index contributed by atoms with van der Waals surface area (Å²) in [6.45, 7) is 14.7. The number of carbonyl (C=O) groups excluding carboxylic acids is 2. The van der Waals surface area contributed by atoms with Gasteiger partial charge in [-0.05, 0) is 49.1 Å². The summed E-state index contributed by atoms with van der Waals surface area (Å²) in [7, 11) is 0. The third-order valence-corrected chi connectivity index (χ3v) is 12.3. The Morgan fingerprint density at radius 2 is 0.750 bits per heavy atom. The average molecular weight is 949 g/mol. The molecule has 68 heavy (non-hydrogen) atoms. The summed E-state index contributed by atoms with van der Waals surface area (Å²) in [5.41, 5.74) is 1.23. The Morgan fingerprint density at radius 3 is 1.07 bits per heavy atom. The molecule has 0 aliphatic rings. The maximum absolute atomic E-state index is 12.2. The average Bonchev–Trinajstić information content (AvgIpc) is 3.34. The quantitative estimate of drug-likeness (QED) is 0.0389. The minimum Gasteiger partial charge on any atom is -0.490 e. The van der Waals surface area contributed by atoms with Gasteiger partial charge in [0.15, 0.2) is 11.5 Å². The SMILES string of the molecule is C=CC(=O)OCc1cc(C(=O)O)cc(COC(=O)C=C)c1OCc1cc(OCCCCCCCCCCCC)c(OCCCCCCCCCCCC)c(OCCCCCCCCCCCC)c1. The van der Waals surface area contributed by atoms with E-state index < -0.39 is 17.9 Å². The molecule has 0 unspecified atom stereocenters. The molecule has 0 spiro atoms. The number of unbranched alkanes of at least 4 members (excludes halogenated alkanes) is 27. The number of carboxylic acid groups (broad SMARTS) is 1. The zero-order chi connectivity index (χ0) is 49.3. The van der Waals surface area contributed by atoms with Crippen molar-refractivity contribution in [3.63, 3.8) is 0 Å². The van der Waals surface area contributed by atoms with Gasteiger partial charge < -0.3 is 33.5 Å². The van der Waals surface area contributed by atoms with E-state index in [1.165, 1.54) is 166 Å². The van der Waals surface area contributed by atoms with Crippen molar-refractivity contribution in [2.75, 3.05) is 19.8 Å². The number of benzene rings is 2. The summed E-state index contributed by atoms with van der Waals surface area (Å²) in [4.78, 5) is 36.5. The van der Waals surface area contributed by atoms with Crippen molar-refractivity contribution < 1.29 is 47.9 Å². The van der Waals surface area contributed by atoms with Crippen molar-refractivity contribution in [1.29, 1.82) is 0 Å². The highest BCUT2D eigenvalue weighted by Crippen LogP contribution is 2.40. The molecule has 0 aliphatic carbocycles. The molecule has 0 radical (unpaired) electrons. The summed E-state index contributed by atoms with van der Waals surface area (Å²) in [5, 5.41) is 9.95. The number of carbonyl (C=O) groups is 3. The summed E-state index contributed by atoms with van der Waals surface area (Å²) < 4.78 is 37.0. The number of hydrogen-bond donors (Lipinski definition) is 1. The molecule has 10 nitrogen and oxygen atoms in total. The highest BCUT2D eigenvalue weighted by atomic mass is 16.5. The van der Waals surface area contributed by atoms with E-state index in [2.05, 4.69) is 33.9 Å². The van der Waals surface area contributed by atoms with E-state index in [0.29, 0.717) is 37.1 Å². The van der Waals surface area contributed by atoms with E-state index in [1.807, 2.05) is 12.1 Å². The first-order valence-electron chi connectivity index (χ1n) is 26.9. The number of ether oxygens (including phenoxy) is 6. The monoisotopic (exact) mass is 949 g/mol. The molecule has 2 rings (SSSR count). The topological polar surface area (TPSA) is 127 Å². The Bertz CT molecular complexity index is 1580. The van der Waals surface area contributed by atoms with E-state index in [1.54, 1.807) is 0 Å². The Kier molecular flexibility index (Phi) is 35.5. The number of esters is 2. The zero-order valence-electron chi connectivity index (χ0n) is 43.0. The predicted molar refractivity (Wildman–Crippen MR) is 276 cm³/mol. The highest BCUT2D eigenvalue weighted by molar-refractivity contribution is 5.89. The smallest absolute Gasteiger partial charge is 0.335 e. The molecule has 0 saturated heterocycles. The third kappa shape index (κ3) is 28.1. The number of aromatic carboxylic acids is 1. The highest BCUT2D eigenvalue weighted by Gasteiger charge is 2.21. The minimum absolute atomic E-state index is 0.0131. The van der Waals surface area contributed by atoms with E-state index in [9.17, 15) is 19.5 Å². The lowest BCUT2D eigenvalue weighted by atomic mass is 10.0. The summed E-state index contributed by atoms with van der Waals surface area (Å²) in [6.07, 6.45) is 38.9. The predicted octanol–water partition coefficient (Wildman–Crippen LogP) is 16.3. The molecule has 2 aromatic rings. The first-order chi connectivity index (χ1) is 33.3. The lowest BCUT2D eigenvalue weighted by Gasteiger charge is -2.20. The standard InChI is InChI=1S/C58H92O10/c1-6-11-14-17-20-23-26-29-32-35-38-63-52-41-48(45-68-56-50(46-66-54(59)9-4)43-49(58(61)62)44-51(56)47-67-55(60)10-5)42-53(64-39-36-33-30-27-24-21-18-15-12-7-2)57(52)65-40-37-34-31-28-25-22-19-16-13-8-3/h9-10,41-44H,4-8,11-40,45-47H2,1-3H3,(H,61,62). The summed E-state index contributed by atoms with van der Waals surface area (Å²) in [5.74, 6) is -0.557. The fourth-order valence-electron chi connectivity index (χ4n) is 8.23. The molecule has 0 amide bonds. The van der Waals surface area contributed by atoms with Crippen LogP contribution >= 0.6 is 0 Å². The Labute approximate surface area is 412 Å². The maximum atomic E-state index is 12.2. The van der Waals surface area contributed by atoms with Crippen LogP contribution in [0.25, 0.3) is 0 Å². The van der Waals surface area contributed by atoms with Gasteiger partial charge in [0.05, 0.1) is 25.4 Å². The molecule has 2 aromatic carbocycles. The van der Waals surface area contributed by atoms with Crippen LogP contribution < -0.4 is 18.9 Å². The molecule has 0 fully saturated rings. The van der Waals surface area contributed by atoms with Gasteiger partial charge in [0, 0.05) is 23.3 Å². The van der Waals surface area contributed by atoms with Crippen molar-refractivity contribution in [2.45, 2.75) is 233 Å². The summed E-state index contributed by atoms with van der Waals surface area (Å²) in [6, 6.07) is 6.63. The third-order valence-electron chi connectivity index (χ3n) is 12.3. The molecular formula is C58H92O10. The molecule has 0 aromatic heterocycles. The minimum atomic E-state index is -1.20. The van der Waals surface area contributed by atoms with Gasteiger partial charge in [-0.15, -0.1) is 0 Å². The van der Waals surface area contributed by atoms with Crippen molar-refractivity contribution in [3.8, 4) is 23.0 Å². The van der Waals surface area contributed by atoms with Crippen LogP contribution in [-0.4, -0.2) is 42.8 Å². The van der Waals surface area contributed by atoms with E-state index >= 15 is 0 Å². The van der Waals surface area contributed by atoms with Crippen molar-refractivity contribution in [1.82, 2.24) is 0 Å². The normalized spacial score (nSPS) is 11.0. The van der Waals surface area contributed by atoms with Crippen molar-refractivity contribution in [3.05, 3.63) is 71.8 Å². The molecule has 10 heteroatoms. The molecule has 0 saturated carbocycles. The fourth-order valence-corrected chi connectivity index (χ4v) is 8.23. The van der Waals surface area contributed by atoms with Gasteiger partial charge in [-0.1, -0.05) is 207 Å². The van der Waals surface area contributed by atoms with Crippen LogP contribution in [-0.2, 0) is 38.9 Å². The molecule has 384 valence electrons. The van der Waals surface area contributed by atoms with Crippen LogP contribution in [0.1, 0.15) is 240 Å². The van der Waals surface area contributed by atoms with Crippen LogP contribution in [0, 0.1) is 0 Å². The second-order valence-electron chi connectivity index (χ2n) is 18.4. The van der Waals surface area contributed by atoms with E-state index in [4.69, 9.17) is 28.4 Å². The van der Waals surface area contributed by atoms with Crippen LogP contribution in [0.2, 0.25) is 0 Å². The van der Waals surface area contributed by atoms with E-state index in [0.717, 1.165) is 56.2 Å². The van der Waals surface area contributed by atoms with Crippen LogP contribution in [0.4, 0.5) is 0 Å². The lowest BCUT2D eigenvalue weighted by molar-refractivity contribution is -0.139. The van der Waals surface area contributed by atoms with Gasteiger partial charge in [-0.2, -0.15) is 0 Å². The Balaban J connectivity index is 2.38. The maximum Gasteiger partial charge on any atom is 0.335 e. The first kappa shape index (κ1) is 59.7. The van der Waals surface area contributed by atoms with Gasteiger partial charge in [0.25, 0.3) is 0 Å². The number of rotatable bonds is 46. The molecule has 0 aliphatic heterocycles. The largest absolute Gasteiger partial charge is 0.490 e. The van der Waals surface area contributed by atoms with Crippen LogP contribution in [0.5, 0.6) is 23.0 Å². The second-order valence-corrected chi connectivity index (χ2v) is 18.4. The van der Waals surface area contributed by atoms with Gasteiger partial charge in [0.1, 0.15) is 25.6 Å². The van der Waals surface area contributed by atoms with Crippen LogP contribution in [0.3, 0.4) is 0 Å². The summed E-state index contributed by atoms with van der Waals surface area (Å²) >= 11 is 0. The van der Waals surface area contributed by atoms with Gasteiger partial charge >= 0.3 is 17.9 Å². The Morgan fingerprint density at radius 1 is 0.426 bits per heavy atom. The van der Waals surface area contributed by atoms with Gasteiger partial charge in [0.2, 0.25) is 5.75 Å². The van der Waals surface area contributed by atoms with Crippen LogP contribution in [0.15, 0.2) is 49.6 Å². The number of hydrogen-bond acceptors (Lipinski definition) is 9. The van der Waals surface area contributed by atoms with Gasteiger partial charge in [-0.3, -0.25) is 0 Å². The van der Waals surface area contributed by atoms with E-state index in [-0.39, 0.29) is 42.3 Å². The molecule has 0 bridgehead atoms.